The number of methoxy groups -OCH3 is 1. The average molecular weight is 362 g/mol. The average Bonchev–Trinajstić information content (AvgIpc) is 2.46. The van der Waals surface area contributed by atoms with Gasteiger partial charge < -0.3 is 14.2 Å². The SMILES string of the molecule is COCCOCCCOC(=O)c1cccc([N+](=O)[O-])c1Br. The molecular weight excluding hydrogens is 346 g/mol. The Morgan fingerprint density at radius 3 is 2.71 bits per heavy atom. The van der Waals surface area contributed by atoms with E-state index in [0.29, 0.717) is 26.2 Å². The third kappa shape index (κ3) is 5.78. The highest BCUT2D eigenvalue weighted by Gasteiger charge is 2.20. The number of nitrogens with zero attached hydrogens (tertiary/aromatic N) is 1. The summed E-state index contributed by atoms with van der Waals surface area (Å²) in [5.74, 6) is -0.609. The maximum absolute atomic E-state index is 11.8. The van der Waals surface area contributed by atoms with Gasteiger partial charge in [0.25, 0.3) is 5.69 Å². The molecule has 1 aromatic rings. The van der Waals surface area contributed by atoms with Crippen molar-refractivity contribution in [2.45, 2.75) is 6.42 Å². The fourth-order valence-corrected chi connectivity index (χ4v) is 2.04. The number of carbonyl (C=O) groups is 1. The molecule has 0 aromatic heterocycles. The van der Waals surface area contributed by atoms with Crippen LogP contribution in [0.25, 0.3) is 0 Å². The Balaban J connectivity index is 2.42. The number of hydrogen-bond acceptors (Lipinski definition) is 6. The van der Waals surface area contributed by atoms with Gasteiger partial charge in [0.15, 0.2) is 0 Å². The van der Waals surface area contributed by atoms with Gasteiger partial charge in [0, 0.05) is 26.2 Å². The molecule has 0 fully saturated rings. The number of benzene rings is 1. The van der Waals surface area contributed by atoms with Crippen LogP contribution in [0.1, 0.15) is 16.8 Å². The predicted molar refractivity (Wildman–Crippen MR) is 78.4 cm³/mol. The van der Waals surface area contributed by atoms with E-state index < -0.39 is 10.9 Å². The molecule has 0 aliphatic rings. The first-order valence-corrected chi connectivity index (χ1v) is 7.04. The standard InChI is InChI=1S/C13H16BrNO6/c1-19-8-9-20-6-3-7-21-13(16)10-4-2-5-11(12(10)14)15(17)18/h2,4-5H,3,6-9H2,1H3. The first-order chi connectivity index (χ1) is 10.1. The van der Waals surface area contributed by atoms with E-state index in [1.165, 1.54) is 18.2 Å². The number of esters is 1. The molecule has 0 atom stereocenters. The molecule has 21 heavy (non-hydrogen) atoms. The molecule has 0 aliphatic carbocycles. The van der Waals surface area contributed by atoms with Gasteiger partial charge in [-0.15, -0.1) is 0 Å². The van der Waals surface area contributed by atoms with Gasteiger partial charge in [-0.3, -0.25) is 10.1 Å². The number of halogens is 1. The van der Waals surface area contributed by atoms with E-state index in [0.717, 1.165) is 0 Å². The van der Waals surface area contributed by atoms with E-state index in [2.05, 4.69) is 15.9 Å². The van der Waals surface area contributed by atoms with E-state index in [-0.39, 0.29) is 22.3 Å². The number of nitro benzene ring substituents is 1. The fraction of sp³-hybridized carbons (Fsp3) is 0.462. The second kappa shape index (κ2) is 9.43. The summed E-state index contributed by atoms with van der Waals surface area (Å²) >= 11 is 3.05. The van der Waals surface area contributed by atoms with Crippen molar-refractivity contribution in [3.8, 4) is 0 Å². The lowest BCUT2D eigenvalue weighted by Gasteiger charge is -2.07. The van der Waals surface area contributed by atoms with Crippen LogP contribution >= 0.6 is 15.9 Å². The van der Waals surface area contributed by atoms with E-state index in [4.69, 9.17) is 14.2 Å². The lowest BCUT2D eigenvalue weighted by atomic mass is 10.2. The highest BCUT2D eigenvalue weighted by molar-refractivity contribution is 9.10. The third-order valence-electron chi connectivity index (χ3n) is 2.49. The van der Waals surface area contributed by atoms with E-state index in [9.17, 15) is 14.9 Å². The molecule has 0 aliphatic heterocycles. The van der Waals surface area contributed by atoms with Gasteiger partial charge in [-0.05, 0) is 22.0 Å². The zero-order valence-electron chi connectivity index (χ0n) is 11.5. The molecule has 116 valence electrons. The number of carbonyl (C=O) groups excluding carboxylic acids is 1. The van der Waals surface area contributed by atoms with Gasteiger partial charge >= 0.3 is 5.97 Å². The highest BCUT2D eigenvalue weighted by Crippen LogP contribution is 2.28. The Kier molecular flexibility index (Phi) is 7.88. The highest BCUT2D eigenvalue weighted by atomic mass is 79.9. The Morgan fingerprint density at radius 1 is 1.29 bits per heavy atom. The number of rotatable bonds is 9. The first-order valence-electron chi connectivity index (χ1n) is 6.24. The summed E-state index contributed by atoms with van der Waals surface area (Å²) in [4.78, 5) is 22.1. The van der Waals surface area contributed by atoms with Gasteiger partial charge in [-0.1, -0.05) is 6.07 Å². The molecular formula is C13H16BrNO6. The smallest absolute Gasteiger partial charge is 0.339 e. The number of hydrogen-bond donors (Lipinski definition) is 0. The van der Waals surface area contributed by atoms with Gasteiger partial charge in [-0.25, -0.2) is 4.79 Å². The lowest BCUT2D eigenvalue weighted by molar-refractivity contribution is -0.385. The quantitative estimate of drug-likeness (QED) is 0.290. The van der Waals surface area contributed by atoms with Crippen LogP contribution in [0, 0.1) is 10.1 Å². The minimum Gasteiger partial charge on any atom is -0.462 e. The summed E-state index contributed by atoms with van der Waals surface area (Å²) in [6.07, 6.45) is 0.544. The van der Waals surface area contributed by atoms with Gasteiger partial charge in [0.2, 0.25) is 0 Å². The van der Waals surface area contributed by atoms with Crippen LogP contribution in [-0.2, 0) is 14.2 Å². The van der Waals surface area contributed by atoms with Crippen molar-refractivity contribution in [2.75, 3.05) is 33.5 Å². The minimum absolute atomic E-state index is 0.122. The zero-order chi connectivity index (χ0) is 15.7. The molecule has 1 rings (SSSR count). The molecule has 0 saturated carbocycles. The summed E-state index contributed by atoms with van der Waals surface area (Å²) in [7, 11) is 1.59. The van der Waals surface area contributed by atoms with E-state index in [1.54, 1.807) is 7.11 Å². The summed E-state index contributed by atoms with van der Waals surface area (Å²) in [5.41, 5.74) is -0.0446. The van der Waals surface area contributed by atoms with E-state index in [1.807, 2.05) is 0 Å². The molecule has 7 nitrogen and oxygen atoms in total. The molecule has 0 bridgehead atoms. The van der Waals surface area contributed by atoms with Crippen LogP contribution in [0.15, 0.2) is 22.7 Å². The third-order valence-corrected chi connectivity index (χ3v) is 3.33. The van der Waals surface area contributed by atoms with Crippen LogP contribution in [0.4, 0.5) is 5.69 Å². The summed E-state index contributed by atoms with van der Waals surface area (Å²) in [6.45, 7) is 1.63. The van der Waals surface area contributed by atoms with E-state index >= 15 is 0 Å². The monoisotopic (exact) mass is 361 g/mol. The van der Waals surface area contributed by atoms with Crippen molar-refractivity contribution in [1.29, 1.82) is 0 Å². The summed E-state index contributed by atoms with van der Waals surface area (Å²) < 4.78 is 15.2. The molecule has 8 heteroatoms. The predicted octanol–water partition coefficient (Wildman–Crippen LogP) is 2.57. The summed E-state index contributed by atoms with van der Waals surface area (Å²) in [6, 6.07) is 4.21. The maximum atomic E-state index is 11.8. The molecule has 1 aromatic carbocycles. The van der Waals surface area contributed by atoms with Crippen LogP contribution in [0.5, 0.6) is 0 Å². The second-order valence-corrected chi connectivity index (χ2v) is 4.78. The van der Waals surface area contributed by atoms with Crippen molar-refractivity contribution in [1.82, 2.24) is 0 Å². The van der Waals surface area contributed by atoms with Crippen molar-refractivity contribution < 1.29 is 23.9 Å². The molecule has 0 spiro atoms. The molecule has 0 heterocycles. The molecule has 0 saturated heterocycles. The Morgan fingerprint density at radius 2 is 2.05 bits per heavy atom. The molecule has 0 amide bonds. The lowest BCUT2D eigenvalue weighted by Crippen LogP contribution is -2.10. The topological polar surface area (TPSA) is 87.9 Å². The first kappa shape index (κ1) is 17.5. The van der Waals surface area contributed by atoms with Crippen LogP contribution in [-0.4, -0.2) is 44.4 Å². The molecule has 0 unspecified atom stereocenters. The van der Waals surface area contributed by atoms with Gasteiger partial charge in [0.05, 0.1) is 30.3 Å². The van der Waals surface area contributed by atoms with Crippen molar-refractivity contribution in [3.63, 3.8) is 0 Å². The second-order valence-electron chi connectivity index (χ2n) is 3.99. The zero-order valence-corrected chi connectivity index (χ0v) is 13.1. The van der Waals surface area contributed by atoms with Crippen molar-refractivity contribution in [2.24, 2.45) is 0 Å². The Bertz CT molecular complexity index is 494. The minimum atomic E-state index is -0.609. The fourth-order valence-electron chi connectivity index (χ4n) is 1.47. The van der Waals surface area contributed by atoms with Crippen LogP contribution in [0.3, 0.4) is 0 Å². The van der Waals surface area contributed by atoms with Crippen molar-refractivity contribution in [3.05, 3.63) is 38.3 Å². The van der Waals surface area contributed by atoms with Crippen LogP contribution in [0.2, 0.25) is 0 Å². The molecule has 0 radical (unpaired) electrons. The maximum Gasteiger partial charge on any atom is 0.339 e. The number of nitro groups is 1. The number of ether oxygens (including phenoxy) is 3. The summed E-state index contributed by atoms with van der Waals surface area (Å²) in [5, 5.41) is 10.8. The van der Waals surface area contributed by atoms with Crippen LogP contribution < -0.4 is 0 Å². The van der Waals surface area contributed by atoms with Gasteiger partial charge in [-0.2, -0.15) is 0 Å². The largest absolute Gasteiger partial charge is 0.462 e. The van der Waals surface area contributed by atoms with Gasteiger partial charge in [0.1, 0.15) is 4.47 Å². The Labute approximate surface area is 130 Å². The normalized spacial score (nSPS) is 10.4. The Hall–Kier alpha value is -1.51. The van der Waals surface area contributed by atoms with Crippen molar-refractivity contribution >= 4 is 27.6 Å². The molecule has 0 N–H and O–H groups in total.